The van der Waals surface area contributed by atoms with Crippen LogP contribution in [0.4, 0.5) is 11.4 Å². The maximum absolute atomic E-state index is 13.5. The van der Waals surface area contributed by atoms with Gasteiger partial charge in [0, 0.05) is 35.7 Å². The van der Waals surface area contributed by atoms with Crippen molar-refractivity contribution < 1.29 is 14.4 Å². The summed E-state index contributed by atoms with van der Waals surface area (Å²) in [5, 5.41) is 2.95. The SMILES string of the molecule is CC(C)c1nc2ccc(NC(=O)CCCN3C(=O)c4ccccc4N4C(=O)c5ccccc5C34)cc2[nH]1. The van der Waals surface area contributed by atoms with E-state index in [0.29, 0.717) is 35.5 Å². The van der Waals surface area contributed by atoms with E-state index < -0.39 is 6.17 Å². The number of hydrogen-bond acceptors (Lipinski definition) is 4. The molecule has 3 amide bonds. The number of H-pyrrole nitrogens is 1. The third-order valence-electron chi connectivity index (χ3n) is 7.02. The highest BCUT2D eigenvalue weighted by Crippen LogP contribution is 2.45. The van der Waals surface area contributed by atoms with Crippen LogP contribution in [-0.2, 0) is 4.79 Å². The molecule has 2 N–H and O–H groups in total. The Morgan fingerprint density at radius 1 is 1.00 bits per heavy atom. The molecule has 0 bridgehead atoms. The first kappa shape index (κ1) is 23.0. The molecule has 1 aromatic heterocycles. The third kappa shape index (κ3) is 3.85. The Hall–Kier alpha value is -4.46. The molecule has 0 aliphatic carbocycles. The Balaban J connectivity index is 1.18. The highest BCUT2D eigenvalue weighted by molar-refractivity contribution is 6.16. The maximum atomic E-state index is 13.5. The van der Waals surface area contributed by atoms with E-state index in [1.54, 1.807) is 28.0 Å². The number of carbonyl (C=O) groups is 3. The summed E-state index contributed by atoms with van der Waals surface area (Å²) < 4.78 is 0. The molecule has 37 heavy (non-hydrogen) atoms. The Bertz CT molecular complexity index is 1560. The van der Waals surface area contributed by atoms with Gasteiger partial charge in [0.25, 0.3) is 11.8 Å². The van der Waals surface area contributed by atoms with E-state index in [-0.39, 0.29) is 30.1 Å². The molecule has 1 atom stereocenters. The van der Waals surface area contributed by atoms with E-state index in [4.69, 9.17) is 0 Å². The Morgan fingerprint density at radius 2 is 1.76 bits per heavy atom. The van der Waals surface area contributed by atoms with Gasteiger partial charge in [0.05, 0.1) is 22.3 Å². The second kappa shape index (κ2) is 8.89. The lowest BCUT2D eigenvalue weighted by Crippen LogP contribution is -2.48. The number of rotatable bonds is 6. The van der Waals surface area contributed by atoms with Gasteiger partial charge in [-0.25, -0.2) is 4.98 Å². The van der Waals surface area contributed by atoms with Crippen molar-refractivity contribution in [2.24, 2.45) is 0 Å². The van der Waals surface area contributed by atoms with Crippen LogP contribution in [0.15, 0.2) is 66.7 Å². The maximum Gasteiger partial charge on any atom is 0.260 e. The standard InChI is InChI=1S/C29H27N5O3/c1-17(2)26-31-22-14-13-18(16-23(22)32-26)30-25(35)12-7-15-33-27-19-8-3-4-9-20(19)29(37)34(27)24-11-6-5-10-21(24)28(33)36/h3-6,8-11,13-14,16-17,27H,7,12,15H2,1-2H3,(H,30,35)(H,31,32). The lowest BCUT2D eigenvalue weighted by atomic mass is 10.0. The average Bonchev–Trinajstić information content (AvgIpc) is 3.45. The predicted octanol–water partition coefficient (Wildman–Crippen LogP) is 5.22. The second-order valence-electron chi connectivity index (χ2n) is 9.81. The summed E-state index contributed by atoms with van der Waals surface area (Å²) in [6, 6.07) is 20.2. The molecular weight excluding hydrogens is 466 g/mol. The molecule has 2 aliphatic rings. The average molecular weight is 494 g/mol. The Morgan fingerprint density at radius 3 is 2.57 bits per heavy atom. The van der Waals surface area contributed by atoms with Gasteiger partial charge in [0.1, 0.15) is 12.0 Å². The van der Waals surface area contributed by atoms with Gasteiger partial charge in [0.15, 0.2) is 0 Å². The molecule has 6 rings (SSSR count). The van der Waals surface area contributed by atoms with Gasteiger partial charge in [-0.2, -0.15) is 0 Å². The summed E-state index contributed by atoms with van der Waals surface area (Å²) in [5.74, 6) is 0.818. The minimum absolute atomic E-state index is 0.113. The molecule has 1 unspecified atom stereocenters. The summed E-state index contributed by atoms with van der Waals surface area (Å²) in [7, 11) is 0. The van der Waals surface area contributed by atoms with Crippen molar-refractivity contribution in [3.63, 3.8) is 0 Å². The zero-order chi connectivity index (χ0) is 25.7. The molecule has 0 saturated carbocycles. The molecule has 3 heterocycles. The molecule has 186 valence electrons. The number of nitrogens with zero attached hydrogens (tertiary/aromatic N) is 3. The second-order valence-corrected chi connectivity index (χ2v) is 9.81. The largest absolute Gasteiger partial charge is 0.342 e. The Kier molecular flexibility index (Phi) is 5.52. The molecule has 4 aromatic rings. The molecule has 3 aromatic carbocycles. The lowest BCUT2D eigenvalue weighted by Gasteiger charge is -2.41. The van der Waals surface area contributed by atoms with Crippen LogP contribution >= 0.6 is 0 Å². The molecule has 0 spiro atoms. The molecule has 0 fully saturated rings. The monoisotopic (exact) mass is 493 g/mol. The van der Waals surface area contributed by atoms with E-state index in [1.807, 2.05) is 48.5 Å². The number of carbonyl (C=O) groups excluding carboxylic acids is 3. The van der Waals surface area contributed by atoms with Crippen LogP contribution in [0, 0.1) is 0 Å². The van der Waals surface area contributed by atoms with E-state index >= 15 is 0 Å². The highest BCUT2D eigenvalue weighted by atomic mass is 16.2. The van der Waals surface area contributed by atoms with Crippen molar-refractivity contribution in [2.75, 3.05) is 16.8 Å². The zero-order valence-electron chi connectivity index (χ0n) is 20.7. The normalized spacial score (nSPS) is 16.2. The van der Waals surface area contributed by atoms with E-state index in [0.717, 1.165) is 22.4 Å². The number of aromatic amines is 1. The number of imidazole rings is 1. The number of hydrogen-bond donors (Lipinski definition) is 2. The van der Waals surface area contributed by atoms with Gasteiger partial charge in [0.2, 0.25) is 5.91 Å². The van der Waals surface area contributed by atoms with Crippen molar-refractivity contribution >= 4 is 40.1 Å². The van der Waals surface area contributed by atoms with Crippen LogP contribution in [0.2, 0.25) is 0 Å². The fourth-order valence-corrected chi connectivity index (χ4v) is 5.21. The number of aromatic nitrogens is 2. The summed E-state index contributed by atoms with van der Waals surface area (Å²) >= 11 is 0. The first-order chi connectivity index (χ1) is 17.9. The van der Waals surface area contributed by atoms with E-state index in [9.17, 15) is 14.4 Å². The number of benzene rings is 3. The van der Waals surface area contributed by atoms with E-state index in [1.165, 1.54) is 0 Å². The lowest BCUT2D eigenvalue weighted by molar-refractivity contribution is -0.116. The number of anilines is 2. The molecule has 8 nitrogen and oxygen atoms in total. The van der Waals surface area contributed by atoms with E-state index in [2.05, 4.69) is 29.1 Å². The van der Waals surface area contributed by atoms with Gasteiger partial charge in [-0.05, 0) is 42.8 Å². The van der Waals surface area contributed by atoms with Crippen molar-refractivity contribution in [3.8, 4) is 0 Å². The first-order valence-corrected chi connectivity index (χ1v) is 12.5. The predicted molar refractivity (Wildman–Crippen MR) is 142 cm³/mol. The molecule has 0 saturated heterocycles. The number of nitrogens with one attached hydrogen (secondary N) is 2. The van der Waals surface area contributed by atoms with Gasteiger partial charge >= 0.3 is 0 Å². The van der Waals surface area contributed by atoms with Gasteiger partial charge < -0.3 is 15.2 Å². The van der Waals surface area contributed by atoms with Crippen LogP contribution in [0.3, 0.4) is 0 Å². The van der Waals surface area contributed by atoms with Crippen LogP contribution in [-0.4, -0.2) is 39.1 Å². The minimum Gasteiger partial charge on any atom is -0.342 e. The fourth-order valence-electron chi connectivity index (χ4n) is 5.21. The van der Waals surface area contributed by atoms with Crippen LogP contribution in [0.5, 0.6) is 0 Å². The quantitative estimate of drug-likeness (QED) is 0.385. The van der Waals surface area contributed by atoms with Crippen molar-refractivity contribution in [1.82, 2.24) is 14.9 Å². The highest BCUT2D eigenvalue weighted by Gasteiger charge is 2.47. The molecule has 2 aliphatic heterocycles. The third-order valence-corrected chi connectivity index (χ3v) is 7.02. The van der Waals surface area contributed by atoms with Crippen molar-refractivity contribution in [2.45, 2.75) is 38.8 Å². The van der Waals surface area contributed by atoms with Crippen LogP contribution < -0.4 is 10.2 Å². The summed E-state index contributed by atoms with van der Waals surface area (Å²) in [6.45, 7) is 4.50. The fraction of sp³-hybridized carbons (Fsp3) is 0.241. The minimum atomic E-state index is -0.507. The van der Waals surface area contributed by atoms with Crippen molar-refractivity contribution in [3.05, 3.63) is 89.2 Å². The topological polar surface area (TPSA) is 98.4 Å². The summed E-state index contributed by atoms with van der Waals surface area (Å²) in [4.78, 5) is 50.8. The number of para-hydroxylation sites is 1. The zero-order valence-corrected chi connectivity index (χ0v) is 20.7. The first-order valence-electron chi connectivity index (χ1n) is 12.5. The number of amides is 3. The summed E-state index contributed by atoms with van der Waals surface area (Å²) in [5.41, 5.74) is 4.98. The van der Waals surface area contributed by atoms with Crippen LogP contribution in [0.25, 0.3) is 11.0 Å². The molecule has 8 heteroatoms. The molecular formula is C29H27N5O3. The summed E-state index contributed by atoms with van der Waals surface area (Å²) in [6.07, 6.45) is 0.197. The smallest absolute Gasteiger partial charge is 0.260 e. The van der Waals surface area contributed by atoms with Crippen molar-refractivity contribution in [1.29, 1.82) is 0 Å². The Labute approximate surface area is 214 Å². The van der Waals surface area contributed by atoms with Crippen LogP contribution in [0.1, 0.15) is 70.9 Å². The van der Waals surface area contributed by atoms with Gasteiger partial charge in [-0.1, -0.05) is 44.2 Å². The van der Waals surface area contributed by atoms with Gasteiger partial charge in [-0.3, -0.25) is 19.3 Å². The number of fused-ring (bicyclic) bond motifs is 6. The van der Waals surface area contributed by atoms with Gasteiger partial charge in [-0.15, -0.1) is 0 Å². The molecule has 0 radical (unpaired) electrons.